The standard InChI is InChI=1S/C14H17BrO4/c15-10-3-1-8(2-4-10)12-6-11(17)5-9(7-16)13(12)14(18)19/h1-4,9,11-13,16-17H,5-7H2,(H,18,19). The summed E-state index contributed by atoms with van der Waals surface area (Å²) >= 11 is 3.35. The van der Waals surface area contributed by atoms with Gasteiger partial charge >= 0.3 is 5.97 Å². The first kappa shape index (κ1) is 14.5. The van der Waals surface area contributed by atoms with Crippen LogP contribution in [-0.4, -0.2) is 34.0 Å². The van der Waals surface area contributed by atoms with E-state index in [0.29, 0.717) is 12.8 Å². The van der Waals surface area contributed by atoms with Crippen molar-refractivity contribution in [1.82, 2.24) is 0 Å². The molecule has 0 heterocycles. The predicted molar refractivity (Wildman–Crippen MR) is 73.8 cm³/mol. The van der Waals surface area contributed by atoms with Gasteiger partial charge in [-0.15, -0.1) is 0 Å². The summed E-state index contributed by atoms with van der Waals surface area (Å²) in [5.74, 6) is -2.20. The van der Waals surface area contributed by atoms with Gasteiger partial charge in [-0.2, -0.15) is 0 Å². The van der Waals surface area contributed by atoms with Gasteiger partial charge in [-0.05, 0) is 42.4 Å². The van der Waals surface area contributed by atoms with E-state index in [9.17, 15) is 20.1 Å². The number of carbonyl (C=O) groups is 1. The van der Waals surface area contributed by atoms with Crippen LogP contribution in [0.15, 0.2) is 28.7 Å². The molecule has 4 unspecified atom stereocenters. The molecule has 1 fully saturated rings. The smallest absolute Gasteiger partial charge is 0.307 e. The summed E-state index contributed by atoms with van der Waals surface area (Å²) in [5, 5.41) is 28.6. The zero-order valence-electron chi connectivity index (χ0n) is 10.4. The summed E-state index contributed by atoms with van der Waals surface area (Å²) in [6.07, 6.45) is 0.219. The van der Waals surface area contributed by atoms with Gasteiger partial charge in [-0.1, -0.05) is 28.1 Å². The second-order valence-electron chi connectivity index (χ2n) is 5.09. The summed E-state index contributed by atoms with van der Waals surface area (Å²) in [6.45, 7) is -0.207. The lowest BCUT2D eigenvalue weighted by Crippen LogP contribution is -2.40. The van der Waals surface area contributed by atoms with Gasteiger partial charge in [0.1, 0.15) is 0 Å². The normalized spacial score (nSPS) is 31.1. The van der Waals surface area contributed by atoms with Gasteiger partial charge in [0.25, 0.3) is 0 Å². The first-order valence-corrected chi connectivity index (χ1v) is 7.09. The number of rotatable bonds is 3. The van der Waals surface area contributed by atoms with Gasteiger partial charge in [-0.3, -0.25) is 4.79 Å². The summed E-state index contributed by atoms with van der Waals surface area (Å²) < 4.78 is 0.929. The molecule has 1 saturated carbocycles. The molecule has 19 heavy (non-hydrogen) atoms. The molecule has 1 aliphatic carbocycles. The number of carboxylic acid groups (broad SMARTS) is 1. The third-order valence-electron chi connectivity index (χ3n) is 3.86. The minimum atomic E-state index is -0.904. The highest BCUT2D eigenvalue weighted by molar-refractivity contribution is 9.10. The molecule has 5 heteroatoms. The van der Waals surface area contributed by atoms with Crippen LogP contribution in [0.4, 0.5) is 0 Å². The van der Waals surface area contributed by atoms with E-state index in [1.807, 2.05) is 24.3 Å². The van der Waals surface area contributed by atoms with E-state index in [0.717, 1.165) is 10.0 Å². The number of carboxylic acids is 1. The molecule has 0 amide bonds. The minimum Gasteiger partial charge on any atom is -0.481 e. The average molecular weight is 329 g/mol. The van der Waals surface area contributed by atoms with Gasteiger partial charge in [0.2, 0.25) is 0 Å². The van der Waals surface area contributed by atoms with Gasteiger partial charge < -0.3 is 15.3 Å². The molecule has 1 aliphatic rings. The Labute approximate surface area is 120 Å². The maximum absolute atomic E-state index is 11.5. The highest BCUT2D eigenvalue weighted by Crippen LogP contribution is 2.41. The van der Waals surface area contributed by atoms with Crippen LogP contribution in [-0.2, 0) is 4.79 Å². The maximum Gasteiger partial charge on any atom is 0.307 e. The molecule has 2 rings (SSSR count). The molecule has 0 radical (unpaired) electrons. The van der Waals surface area contributed by atoms with Crippen LogP contribution in [0.5, 0.6) is 0 Å². The lowest BCUT2D eigenvalue weighted by molar-refractivity contribution is -0.148. The Morgan fingerprint density at radius 1 is 1.26 bits per heavy atom. The van der Waals surface area contributed by atoms with Crippen molar-refractivity contribution in [3.63, 3.8) is 0 Å². The van der Waals surface area contributed by atoms with Crippen molar-refractivity contribution in [2.75, 3.05) is 6.61 Å². The SMILES string of the molecule is O=C(O)C1C(CO)CC(O)CC1c1ccc(Br)cc1. The summed E-state index contributed by atoms with van der Waals surface area (Å²) in [4.78, 5) is 11.5. The molecular weight excluding hydrogens is 312 g/mol. The Kier molecular flexibility index (Phi) is 4.60. The monoisotopic (exact) mass is 328 g/mol. The van der Waals surface area contributed by atoms with E-state index >= 15 is 0 Å². The summed E-state index contributed by atoms with van der Waals surface area (Å²) in [6, 6.07) is 7.47. The Hall–Kier alpha value is -0.910. The van der Waals surface area contributed by atoms with Crippen molar-refractivity contribution in [2.24, 2.45) is 11.8 Å². The highest BCUT2D eigenvalue weighted by Gasteiger charge is 2.41. The fourth-order valence-corrected chi connectivity index (χ4v) is 3.24. The van der Waals surface area contributed by atoms with Gasteiger partial charge in [0.05, 0.1) is 12.0 Å². The molecule has 0 aliphatic heterocycles. The van der Waals surface area contributed by atoms with Crippen LogP contribution in [0.3, 0.4) is 0 Å². The first-order chi connectivity index (χ1) is 9.02. The number of hydrogen-bond donors (Lipinski definition) is 3. The molecule has 4 atom stereocenters. The van der Waals surface area contributed by atoms with Crippen molar-refractivity contribution in [3.05, 3.63) is 34.3 Å². The Morgan fingerprint density at radius 2 is 1.89 bits per heavy atom. The fraction of sp³-hybridized carbons (Fsp3) is 0.500. The van der Waals surface area contributed by atoms with E-state index in [1.165, 1.54) is 0 Å². The number of aliphatic hydroxyl groups excluding tert-OH is 2. The van der Waals surface area contributed by atoms with Crippen molar-refractivity contribution in [3.8, 4) is 0 Å². The zero-order valence-corrected chi connectivity index (χ0v) is 12.0. The largest absolute Gasteiger partial charge is 0.481 e. The van der Waals surface area contributed by atoms with E-state index in [2.05, 4.69) is 15.9 Å². The fourth-order valence-electron chi connectivity index (χ4n) is 2.98. The Morgan fingerprint density at radius 3 is 2.42 bits per heavy atom. The molecule has 0 saturated heterocycles. The minimum absolute atomic E-state index is 0.207. The molecule has 3 N–H and O–H groups in total. The second-order valence-corrected chi connectivity index (χ2v) is 6.01. The zero-order chi connectivity index (χ0) is 14.0. The van der Waals surface area contributed by atoms with Gasteiger partial charge in [0.15, 0.2) is 0 Å². The van der Waals surface area contributed by atoms with Crippen LogP contribution in [0.2, 0.25) is 0 Å². The summed E-state index contributed by atoms with van der Waals surface area (Å²) in [5.41, 5.74) is 0.896. The van der Waals surface area contributed by atoms with E-state index in [-0.39, 0.29) is 12.5 Å². The lowest BCUT2D eigenvalue weighted by Gasteiger charge is -2.37. The van der Waals surface area contributed by atoms with Crippen molar-refractivity contribution < 1.29 is 20.1 Å². The topological polar surface area (TPSA) is 77.8 Å². The molecule has 0 bridgehead atoms. The first-order valence-electron chi connectivity index (χ1n) is 6.30. The van der Waals surface area contributed by atoms with Gasteiger partial charge in [0, 0.05) is 11.1 Å². The van der Waals surface area contributed by atoms with Gasteiger partial charge in [-0.25, -0.2) is 0 Å². The maximum atomic E-state index is 11.5. The molecule has 0 spiro atoms. The number of benzene rings is 1. The van der Waals surface area contributed by atoms with Crippen molar-refractivity contribution in [2.45, 2.75) is 24.9 Å². The third kappa shape index (κ3) is 3.16. The van der Waals surface area contributed by atoms with Crippen LogP contribution in [0.25, 0.3) is 0 Å². The molecule has 4 nitrogen and oxygen atoms in total. The van der Waals surface area contributed by atoms with Crippen molar-refractivity contribution in [1.29, 1.82) is 0 Å². The lowest BCUT2D eigenvalue weighted by atomic mass is 9.68. The van der Waals surface area contributed by atoms with Crippen LogP contribution in [0, 0.1) is 11.8 Å². The van der Waals surface area contributed by atoms with Crippen LogP contribution >= 0.6 is 15.9 Å². The number of hydrogen-bond acceptors (Lipinski definition) is 3. The quantitative estimate of drug-likeness (QED) is 0.793. The third-order valence-corrected chi connectivity index (χ3v) is 4.39. The number of aliphatic hydroxyl groups is 2. The van der Waals surface area contributed by atoms with Crippen LogP contribution in [0.1, 0.15) is 24.3 Å². The average Bonchev–Trinajstić information content (AvgIpc) is 2.38. The molecule has 1 aromatic carbocycles. The Bertz CT molecular complexity index is 445. The predicted octanol–water partition coefficient (Wildman–Crippen LogP) is 2.00. The van der Waals surface area contributed by atoms with Crippen LogP contribution < -0.4 is 0 Å². The van der Waals surface area contributed by atoms with Crippen molar-refractivity contribution >= 4 is 21.9 Å². The number of halogens is 1. The summed E-state index contributed by atoms with van der Waals surface area (Å²) in [7, 11) is 0. The molecule has 0 aromatic heterocycles. The second kappa shape index (κ2) is 6.03. The number of aliphatic carboxylic acids is 1. The Balaban J connectivity index is 2.33. The van der Waals surface area contributed by atoms with E-state index in [1.54, 1.807) is 0 Å². The van der Waals surface area contributed by atoms with E-state index < -0.39 is 23.9 Å². The highest BCUT2D eigenvalue weighted by atomic mass is 79.9. The molecule has 104 valence electrons. The molecular formula is C14H17BrO4. The molecule has 1 aromatic rings. The van der Waals surface area contributed by atoms with E-state index in [4.69, 9.17) is 0 Å².